The lowest BCUT2D eigenvalue weighted by Crippen LogP contribution is -2.62. The van der Waals surface area contributed by atoms with Crippen LogP contribution in [0.3, 0.4) is 0 Å². The van der Waals surface area contributed by atoms with Gasteiger partial charge in [-0.2, -0.15) is 0 Å². The van der Waals surface area contributed by atoms with Crippen molar-refractivity contribution in [2.24, 2.45) is 58.2 Å². The first-order chi connectivity index (χ1) is 16.0. The van der Waals surface area contributed by atoms with E-state index in [1.807, 2.05) is 0 Å². The Hall–Kier alpha value is -0.410. The van der Waals surface area contributed by atoms with Crippen molar-refractivity contribution >= 4 is 5.78 Å². The van der Waals surface area contributed by atoms with E-state index < -0.39 is 0 Å². The summed E-state index contributed by atoms with van der Waals surface area (Å²) in [6.07, 6.45) is 12.5. The van der Waals surface area contributed by atoms with Gasteiger partial charge in [0.25, 0.3) is 0 Å². The molecule has 0 bridgehead atoms. The Kier molecular flexibility index (Phi) is 7.96. The maximum Gasteiger partial charge on any atom is 0.133 e. The molecule has 0 aliphatic heterocycles. The number of aliphatic hydroxyl groups is 2. The van der Waals surface area contributed by atoms with Crippen LogP contribution in [-0.4, -0.2) is 28.2 Å². The van der Waals surface area contributed by atoms with Crippen LogP contribution in [0.25, 0.3) is 0 Å². The fourth-order valence-corrected chi connectivity index (χ4v) is 10.3. The van der Waals surface area contributed by atoms with Crippen molar-refractivity contribution in [3.8, 4) is 0 Å². The molecule has 0 amide bonds. The second kappa shape index (κ2) is 10.2. The molecule has 4 aliphatic carbocycles. The Bertz CT molecular complexity index is 717. The molecule has 4 fully saturated rings. The van der Waals surface area contributed by atoms with Crippen LogP contribution in [0.1, 0.15) is 119 Å². The van der Waals surface area contributed by atoms with Gasteiger partial charge in [-0.15, -0.1) is 0 Å². The van der Waals surface area contributed by atoms with Gasteiger partial charge in [-0.1, -0.05) is 54.4 Å². The number of Topliss-reactive ketones (excluding diaryl/α,β-unsaturated/α-hetero) is 1. The minimum absolute atomic E-state index is 0.172. The number of ketones is 1. The van der Waals surface area contributed by atoms with Crippen molar-refractivity contribution in [3.05, 3.63) is 0 Å². The van der Waals surface area contributed by atoms with Crippen molar-refractivity contribution in [1.29, 1.82) is 0 Å². The molecule has 0 spiro atoms. The molecule has 11 atom stereocenters. The molecule has 0 aromatic heterocycles. The van der Waals surface area contributed by atoms with Gasteiger partial charge in [0, 0.05) is 12.8 Å². The third kappa shape index (κ3) is 4.55. The normalized spacial score (nSPS) is 47.1. The summed E-state index contributed by atoms with van der Waals surface area (Å²) in [7, 11) is 0. The first kappa shape index (κ1) is 26.6. The third-order valence-electron chi connectivity index (χ3n) is 11.9. The molecule has 0 aromatic rings. The Morgan fingerprint density at radius 1 is 0.941 bits per heavy atom. The second-order valence-electron chi connectivity index (χ2n) is 14.1. The number of hydrogen-bond donors (Lipinski definition) is 2. The monoisotopic (exact) mass is 474 g/mol. The number of carbonyl (C=O) groups excluding carboxylic acids is 1. The van der Waals surface area contributed by atoms with Crippen LogP contribution in [0.15, 0.2) is 0 Å². The predicted octanol–water partition coefficient (Wildman–Crippen LogP) is 7.03. The highest BCUT2D eigenvalue weighted by molar-refractivity contribution is 5.78. The molecule has 196 valence electrons. The molecule has 0 saturated heterocycles. The Balaban J connectivity index is 1.48. The molecule has 0 heterocycles. The van der Waals surface area contributed by atoms with Gasteiger partial charge in [0.1, 0.15) is 5.78 Å². The molecule has 4 aliphatic rings. The minimum atomic E-state index is -0.203. The lowest BCUT2D eigenvalue weighted by atomic mass is 9.41. The van der Waals surface area contributed by atoms with Crippen LogP contribution < -0.4 is 0 Å². The molecule has 4 rings (SSSR count). The van der Waals surface area contributed by atoms with Crippen LogP contribution in [0.5, 0.6) is 0 Å². The summed E-state index contributed by atoms with van der Waals surface area (Å²) in [6, 6.07) is 0. The number of fused-ring (bicyclic) bond motifs is 5. The molecule has 3 nitrogen and oxygen atoms in total. The largest absolute Gasteiger partial charge is 0.393 e. The van der Waals surface area contributed by atoms with Crippen molar-refractivity contribution < 1.29 is 15.0 Å². The third-order valence-corrected chi connectivity index (χ3v) is 11.9. The average molecular weight is 475 g/mol. The highest BCUT2D eigenvalue weighted by atomic mass is 16.3. The Labute approximate surface area is 209 Å². The summed E-state index contributed by atoms with van der Waals surface area (Å²) in [5.74, 6) is 4.79. The predicted molar refractivity (Wildman–Crippen MR) is 139 cm³/mol. The standard InChI is InChI=1S/C31H54O3/c1-7-23-27-18-22(33)13-15-31(27,6)26-14-16-30(5)24(11-12-25(30)28(26)29(23)34)20(4)9-8-10-21(32)17-19(2)3/h19-20,22-29,33-34H,7-18H2,1-6H3/t20-,22-,23-,24-,25+,26+,27+,28+,29-,30-,31-/m1/s1. The molecule has 34 heavy (non-hydrogen) atoms. The van der Waals surface area contributed by atoms with E-state index in [-0.39, 0.29) is 17.6 Å². The lowest BCUT2D eigenvalue weighted by molar-refractivity contribution is -0.203. The van der Waals surface area contributed by atoms with E-state index in [1.165, 1.54) is 32.1 Å². The highest BCUT2D eigenvalue weighted by Crippen LogP contribution is 2.69. The Morgan fingerprint density at radius 3 is 2.29 bits per heavy atom. The van der Waals surface area contributed by atoms with Crippen molar-refractivity contribution in [2.75, 3.05) is 0 Å². The van der Waals surface area contributed by atoms with Crippen molar-refractivity contribution in [3.63, 3.8) is 0 Å². The van der Waals surface area contributed by atoms with E-state index in [1.54, 1.807) is 0 Å². The fraction of sp³-hybridized carbons (Fsp3) is 0.968. The average Bonchev–Trinajstić information content (AvgIpc) is 3.12. The van der Waals surface area contributed by atoms with Crippen LogP contribution in [0, 0.1) is 58.2 Å². The summed E-state index contributed by atoms with van der Waals surface area (Å²) in [6.45, 7) is 14.1. The fourth-order valence-electron chi connectivity index (χ4n) is 10.3. The second-order valence-corrected chi connectivity index (χ2v) is 14.1. The molecule has 2 N–H and O–H groups in total. The molecule has 0 radical (unpaired) electrons. The lowest BCUT2D eigenvalue weighted by Gasteiger charge is -2.64. The van der Waals surface area contributed by atoms with Gasteiger partial charge in [0.15, 0.2) is 0 Å². The smallest absolute Gasteiger partial charge is 0.133 e. The van der Waals surface area contributed by atoms with E-state index in [2.05, 4.69) is 41.5 Å². The molecule has 0 aromatic carbocycles. The first-order valence-corrected chi connectivity index (χ1v) is 14.9. The van der Waals surface area contributed by atoms with Crippen molar-refractivity contribution in [1.82, 2.24) is 0 Å². The number of aliphatic hydroxyl groups excluding tert-OH is 2. The molecule has 3 heteroatoms. The SMILES string of the molecule is CC[C@H]1[C@@H](O)[C@@H]2[C@H](CC[C@]3(C)[C@@H]([C@H](C)CCCC(=O)CC(C)C)CC[C@@H]23)[C@@]2(C)CC[C@@H](O)C[C@@H]12. The first-order valence-electron chi connectivity index (χ1n) is 14.9. The summed E-state index contributed by atoms with van der Waals surface area (Å²) >= 11 is 0. The van der Waals surface area contributed by atoms with E-state index >= 15 is 0 Å². The van der Waals surface area contributed by atoms with Gasteiger partial charge >= 0.3 is 0 Å². The van der Waals surface area contributed by atoms with E-state index in [0.29, 0.717) is 52.6 Å². The molecular formula is C31H54O3. The molecule has 4 saturated carbocycles. The zero-order valence-electron chi connectivity index (χ0n) is 23.1. The quantitative estimate of drug-likeness (QED) is 0.397. The number of rotatable bonds is 8. The van der Waals surface area contributed by atoms with Crippen molar-refractivity contribution in [2.45, 2.75) is 131 Å². The molecule has 0 unspecified atom stereocenters. The van der Waals surface area contributed by atoms with E-state index in [4.69, 9.17) is 0 Å². The van der Waals surface area contributed by atoms with Gasteiger partial charge in [0.05, 0.1) is 12.2 Å². The molecular weight excluding hydrogens is 420 g/mol. The van der Waals surface area contributed by atoms with Gasteiger partial charge < -0.3 is 10.2 Å². The maximum atomic E-state index is 12.2. The Morgan fingerprint density at radius 2 is 1.62 bits per heavy atom. The summed E-state index contributed by atoms with van der Waals surface area (Å²) in [5, 5.41) is 22.3. The number of carbonyl (C=O) groups is 1. The summed E-state index contributed by atoms with van der Waals surface area (Å²) in [4.78, 5) is 12.2. The zero-order valence-corrected chi connectivity index (χ0v) is 23.1. The minimum Gasteiger partial charge on any atom is -0.393 e. The van der Waals surface area contributed by atoms with Gasteiger partial charge in [-0.3, -0.25) is 4.79 Å². The van der Waals surface area contributed by atoms with Crippen LogP contribution >= 0.6 is 0 Å². The number of hydrogen-bond acceptors (Lipinski definition) is 3. The van der Waals surface area contributed by atoms with Gasteiger partial charge in [-0.05, 0) is 110 Å². The topological polar surface area (TPSA) is 57.5 Å². The zero-order chi connectivity index (χ0) is 24.8. The van der Waals surface area contributed by atoms with E-state index in [9.17, 15) is 15.0 Å². The van der Waals surface area contributed by atoms with Crippen LogP contribution in [0.2, 0.25) is 0 Å². The maximum absolute atomic E-state index is 12.2. The van der Waals surface area contributed by atoms with Gasteiger partial charge in [-0.25, -0.2) is 0 Å². The van der Waals surface area contributed by atoms with E-state index in [0.717, 1.165) is 50.9 Å². The van der Waals surface area contributed by atoms with Gasteiger partial charge in [0.2, 0.25) is 0 Å². The highest BCUT2D eigenvalue weighted by Gasteiger charge is 2.64. The summed E-state index contributed by atoms with van der Waals surface area (Å²) < 4.78 is 0. The summed E-state index contributed by atoms with van der Waals surface area (Å²) in [5.41, 5.74) is 0.616. The van der Waals surface area contributed by atoms with Crippen LogP contribution in [-0.2, 0) is 4.79 Å². The van der Waals surface area contributed by atoms with Crippen LogP contribution in [0.4, 0.5) is 0 Å².